The van der Waals surface area contributed by atoms with Crippen LogP contribution in [-0.4, -0.2) is 30.7 Å². The fourth-order valence-corrected chi connectivity index (χ4v) is 2.48. The first kappa shape index (κ1) is 15.6. The molecule has 0 heterocycles. The van der Waals surface area contributed by atoms with Crippen molar-refractivity contribution in [1.29, 1.82) is 0 Å². The average molecular weight is 293 g/mol. The van der Waals surface area contributed by atoms with Crippen molar-refractivity contribution in [2.75, 3.05) is 30.8 Å². The maximum atomic E-state index is 11.0. The summed E-state index contributed by atoms with van der Waals surface area (Å²) in [6, 6.07) is 5.04. The van der Waals surface area contributed by atoms with E-state index in [0.717, 1.165) is 37.2 Å². The van der Waals surface area contributed by atoms with E-state index in [4.69, 9.17) is 4.74 Å². The molecule has 0 aliphatic heterocycles. The Labute approximate surface area is 125 Å². The van der Waals surface area contributed by atoms with Gasteiger partial charge >= 0.3 is 0 Å². The lowest BCUT2D eigenvalue weighted by molar-refractivity contribution is -0.384. The summed E-state index contributed by atoms with van der Waals surface area (Å²) in [5, 5.41) is 17.5. The zero-order chi connectivity index (χ0) is 15.3. The largest absolute Gasteiger partial charge is 0.385 e. The van der Waals surface area contributed by atoms with E-state index >= 15 is 0 Å². The summed E-state index contributed by atoms with van der Waals surface area (Å²) >= 11 is 0. The second kappa shape index (κ2) is 6.76. The summed E-state index contributed by atoms with van der Waals surface area (Å²) in [4.78, 5) is 10.7. The van der Waals surface area contributed by atoms with Crippen LogP contribution >= 0.6 is 0 Å². The van der Waals surface area contributed by atoms with Gasteiger partial charge in [-0.05, 0) is 31.7 Å². The highest BCUT2D eigenvalue weighted by Gasteiger charge is 2.36. The standard InChI is InChI=1S/C15H23N3O3/c1-3-7-16-12-8-13(10-14(9-12)18(19)20)17-11-15(21-2)5-4-6-15/h8-10,16-17H,3-7,11H2,1-2H3. The van der Waals surface area contributed by atoms with Crippen LogP contribution in [0.5, 0.6) is 0 Å². The van der Waals surface area contributed by atoms with Crippen molar-refractivity contribution in [2.45, 2.75) is 38.2 Å². The number of methoxy groups -OCH3 is 1. The molecular weight excluding hydrogens is 270 g/mol. The minimum Gasteiger partial charge on any atom is -0.385 e. The minimum atomic E-state index is -0.363. The predicted octanol–water partition coefficient (Wildman–Crippen LogP) is 3.40. The van der Waals surface area contributed by atoms with Crippen LogP contribution in [0.2, 0.25) is 0 Å². The number of hydrogen-bond donors (Lipinski definition) is 2. The molecule has 0 amide bonds. The quantitative estimate of drug-likeness (QED) is 0.567. The van der Waals surface area contributed by atoms with E-state index in [1.807, 2.05) is 6.07 Å². The molecule has 1 aliphatic rings. The van der Waals surface area contributed by atoms with E-state index in [1.54, 1.807) is 19.2 Å². The highest BCUT2D eigenvalue weighted by Crippen LogP contribution is 2.35. The molecule has 0 spiro atoms. The lowest BCUT2D eigenvalue weighted by Gasteiger charge is -2.40. The fourth-order valence-electron chi connectivity index (χ4n) is 2.48. The number of rotatable bonds is 8. The van der Waals surface area contributed by atoms with Crippen LogP contribution in [-0.2, 0) is 4.74 Å². The van der Waals surface area contributed by atoms with Gasteiger partial charge in [0.05, 0.1) is 10.5 Å². The van der Waals surface area contributed by atoms with Gasteiger partial charge in [-0.25, -0.2) is 0 Å². The van der Waals surface area contributed by atoms with Crippen LogP contribution in [0.3, 0.4) is 0 Å². The van der Waals surface area contributed by atoms with Gasteiger partial charge in [0.1, 0.15) is 0 Å². The minimum absolute atomic E-state index is 0.0960. The molecule has 0 unspecified atom stereocenters. The van der Waals surface area contributed by atoms with Crippen molar-refractivity contribution in [2.24, 2.45) is 0 Å². The molecule has 6 nitrogen and oxygen atoms in total. The summed E-state index contributed by atoms with van der Waals surface area (Å²) in [7, 11) is 1.72. The Morgan fingerprint density at radius 2 is 1.95 bits per heavy atom. The highest BCUT2D eigenvalue weighted by atomic mass is 16.6. The van der Waals surface area contributed by atoms with E-state index < -0.39 is 0 Å². The number of non-ortho nitro benzene ring substituents is 1. The van der Waals surface area contributed by atoms with Crippen molar-refractivity contribution in [1.82, 2.24) is 0 Å². The Morgan fingerprint density at radius 1 is 1.29 bits per heavy atom. The van der Waals surface area contributed by atoms with Crippen LogP contribution in [0.25, 0.3) is 0 Å². The van der Waals surface area contributed by atoms with Gasteiger partial charge in [-0.15, -0.1) is 0 Å². The Kier molecular flexibility index (Phi) is 5.01. The van der Waals surface area contributed by atoms with Crippen LogP contribution in [0.4, 0.5) is 17.1 Å². The van der Waals surface area contributed by atoms with Crippen LogP contribution in [0.1, 0.15) is 32.6 Å². The number of nitro benzene ring substituents is 1. The molecule has 2 N–H and O–H groups in total. The number of benzene rings is 1. The first-order chi connectivity index (χ1) is 10.1. The molecule has 0 aromatic heterocycles. The van der Waals surface area contributed by atoms with Gasteiger partial charge in [0, 0.05) is 43.7 Å². The van der Waals surface area contributed by atoms with Crippen molar-refractivity contribution in [3.05, 3.63) is 28.3 Å². The van der Waals surface area contributed by atoms with Gasteiger partial charge in [0.25, 0.3) is 5.69 Å². The third-order valence-corrected chi connectivity index (χ3v) is 4.02. The van der Waals surface area contributed by atoms with Crippen LogP contribution < -0.4 is 10.6 Å². The fraction of sp³-hybridized carbons (Fsp3) is 0.600. The lowest BCUT2D eigenvalue weighted by atomic mass is 9.80. The molecular formula is C15H23N3O3. The van der Waals surface area contributed by atoms with Crippen molar-refractivity contribution in [3.8, 4) is 0 Å². The molecule has 1 aromatic rings. The van der Waals surface area contributed by atoms with E-state index in [2.05, 4.69) is 17.6 Å². The number of anilines is 2. The van der Waals surface area contributed by atoms with Gasteiger partial charge in [0.2, 0.25) is 0 Å². The first-order valence-electron chi connectivity index (χ1n) is 7.41. The Bertz CT molecular complexity index is 495. The maximum absolute atomic E-state index is 11.0. The normalized spacial score (nSPS) is 16.1. The SMILES string of the molecule is CCCNc1cc(NCC2(OC)CCC2)cc([N+](=O)[O-])c1. The molecule has 0 bridgehead atoms. The molecule has 116 valence electrons. The van der Waals surface area contributed by atoms with Crippen LogP contribution in [0, 0.1) is 10.1 Å². The number of nitrogens with zero attached hydrogens (tertiary/aromatic N) is 1. The van der Waals surface area contributed by atoms with E-state index in [9.17, 15) is 10.1 Å². The van der Waals surface area contributed by atoms with E-state index in [-0.39, 0.29) is 16.2 Å². The van der Waals surface area contributed by atoms with Crippen LogP contribution in [0.15, 0.2) is 18.2 Å². The van der Waals surface area contributed by atoms with E-state index in [0.29, 0.717) is 6.54 Å². The van der Waals surface area contributed by atoms with Gasteiger partial charge in [-0.3, -0.25) is 10.1 Å². The molecule has 2 rings (SSSR count). The van der Waals surface area contributed by atoms with Gasteiger partial charge in [-0.2, -0.15) is 0 Å². The third kappa shape index (κ3) is 3.85. The molecule has 1 aromatic carbocycles. The first-order valence-corrected chi connectivity index (χ1v) is 7.41. The Balaban J connectivity index is 2.09. The van der Waals surface area contributed by atoms with Crippen molar-refractivity contribution >= 4 is 17.1 Å². The zero-order valence-electron chi connectivity index (χ0n) is 12.6. The van der Waals surface area contributed by atoms with Gasteiger partial charge < -0.3 is 15.4 Å². The summed E-state index contributed by atoms with van der Waals surface area (Å²) in [6.07, 6.45) is 4.21. The summed E-state index contributed by atoms with van der Waals surface area (Å²) in [5.74, 6) is 0. The Hall–Kier alpha value is -1.82. The molecule has 0 radical (unpaired) electrons. The topological polar surface area (TPSA) is 76.4 Å². The summed E-state index contributed by atoms with van der Waals surface area (Å²) in [6.45, 7) is 3.53. The molecule has 6 heteroatoms. The molecule has 0 saturated heterocycles. The number of nitrogens with one attached hydrogen (secondary N) is 2. The summed E-state index contributed by atoms with van der Waals surface area (Å²) < 4.78 is 5.56. The molecule has 1 aliphatic carbocycles. The highest BCUT2D eigenvalue weighted by molar-refractivity contribution is 5.63. The third-order valence-electron chi connectivity index (χ3n) is 4.02. The van der Waals surface area contributed by atoms with Gasteiger partial charge in [0.15, 0.2) is 0 Å². The second-order valence-corrected chi connectivity index (χ2v) is 5.55. The Morgan fingerprint density at radius 3 is 2.43 bits per heavy atom. The second-order valence-electron chi connectivity index (χ2n) is 5.55. The van der Waals surface area contributed by atoms with Gasteiger partial charge in [-0.1, -0.05) is 6.92 Å². The average Bonchev–Trinajstić information content (AvgIpc) is 2.44. The predicted molar refractivity (Wildman–Crippen MR) is 84.0 cm³/mol. The molecule has 1 fully saturated rings. The zero-order valence-corrected chi connectivity index (χ0v) is 12.6. The number of hydrogen-bond acceptors (Lipinski definition) is 5. The molecule has 1 saturated carbocycles. The van der Waals surface area contributed by atoms with E-state index in [1.165, 1.54) is 6.42 Å². The van der Waals surface area contributed by atoms with Crippen molar-refractivity contribution < 1.29 is 9.66 Å². The molecule has 0 atom stereocenters. The maximum Gasteiger partial charge on any atom is 0.273 e. The molecule has 21 heavy (non-hydrogen) atoms. The summed E-state index contributed by atoms with van der Waals surface area (Å²) in [5.41, 5.74) is 1.51. The monoisotopic (exact) mass is 293 g/mol. The smallest absolute Gasteiger partial charge is 0.273 e. The van der Waals surface area contributed by atoms with Crippen molar-refractivity contribution in [3.63, 3.8) is 0 Å². The lowest BCUT2D eigenvalue weighted by Crippen LogP contribution is -2.45. The number of ether oxygens (including phenoxy) is 1. The number of nitro groups is 1.